The van der Waals surface area contributed by atoms with E-state index in [9.17, 15) is 4.55 Å². The molecule has 0 aromatic carbocycles. The van der Waals surface area contributed by atoms with Crippen molar-refractivity contribution in [1.29, 1.82) is 0 Å². The number of rotatable bonds is 0. The average Bonchev–Trinajstić information content (AvgIpc) is 0.811. The van der Waals surface area contributed by atoms with Crippen LogP contribution in [0.3, 0.4) is 0 Å². The molecule has 0 amide bonds. The van der Waals surface area contributed by atoms with E-state index >= 15 is 0 Å². The van der Waals surface area contributed by atoms with Crippen molar-refractivity contribution in [2.45, 2.75) is 0 Å². The first-order valence-corrected chi connectivity index (χ1v) is 2.43. The lowest BCUT2D eigenvalue weighted by Crippen LogP contribution is -2.07. The van der Waals surface area contributed by atoms with Crippen LogP contribution in [-0.4, -0.2) is 10.8 Å². The summed E-state index contributed by atoms with van der Waals surface area (Å²) in [5.74, 6) is 0. The predicted molar refractivity (Wildman–Crippen MR) is 18.3 cm³/mol. The van der Waals surface area contributed by atoms with Crippen LogP contribution in [0.1, 0.15) is 0 Å². The minimum absolute atomic E-state index is 1.11. The molecular formula is CH5NOS. The van der Waals surface area contributed by atoms with Crippen LogP contribution in [0, 0.1) is 0 Å². The van der Waals surface area contributed by atoms with E-state index in [1.807, 2.05) is 0 Å². The molecule has 0 bridgehead atoms. The van der Waals surface area contributed by atoms with Gasteiger partial charge < -0.3 is 4.55 Å². The Hall–Kier alpha value is 0.270. The predicted octanol–water partition coefficient (Wildman–Crippen LogP) is -0.761. The smallest absolute Gasteiger partial charge is 0.115 e. The van der Waals surface area contributed by atoms with E-state index in [1.165, 1.54) is 6.26 Å². The summed E-state index contributed by atoms with van der Waals surface area (Å²) in [6, 6.07) is 0. The molecule has 0 radical (unpaired) electrons. The first-order valence-electron chi connectivity index (χ1n) is 0.811. The Morgan fingerprint density at radius 3 is 2.00 bits per heavy atom. The molecule has 2 N–H and O–H groups in total. The van der Waals surface area contributed by atoms with Gasteiger partial charge in [0.05, 0.1) is 0 Å². The number of hydrogen-bond donors (Lipinski definition) is 1. The van der Waals surface area contributed by atoms with Crippen molar-refractivity contribution in [2.75, 3.05) is 6.26 Å². The summed E-state index contributed by atoms with van der Waals surface area (Å²) in [5, 5.41) is 4.58. The lowest BCUT2D eigenvalue weighted by molar-refractivity contribution is 0.602. The standard InChI is InChI=1S/CH5NOS/c1-4(2)3/h2H2,1H3/t4-/m0/s1. The van der Waals surface area contributed by atoms with Crippen LogP contribution in [0.2, 0.25) is 0 Å². The van der Waals surface area contributed by atoms with Crippen molar-refractivity contribution < 1.29 is 4.55 Å². The maximum atomic E-state index is 9.33. The normalized spacial score (nSPS) is 15.8. The summed E-state index contributed by atoms with van der Waals surface area (Å²) in [6.07, 6.45) is 1.42. The van der Waals surface area contributed by atoms with Crippen molar-refractivity contribution in [2.24, 2.45) is 5.14 Å². The molecule has 0 rings (SSSR count). The first kappa shape index (κ1) is 4.27. The summed E-state index contributed by atoms with van der Waals surface area (Å²) in [6.45, 7) is 0. The molecule has 2 nitrogen and oxygen atoms in total. The Morgan fingerprint density at radius 2 is 2.00 bits per heavy atom. The van der Waals surface area contributed by atoms with Crippen molar-refractivity contribution >= 4 is 11.4 Å². The Kier molecular flexibility index (Phi) is 1.68. The first-order chi connectivity index (χ1) is 1.73. The highest BCUT2D eigenvalue weighted by Gasteiger charge is 1.67. The van der Waals surface area contributed by atoms with Gasteiger partial charge in [0.2, 0.25) is 0 Å². The van der Waals surface area contributed by atoms with Gasteiger partial charge in [-0.15, -0.1) is 0 Å². The molecule has 0 spiro atoms. The molecule has 26 valence electrons. The molecule has 0 saturated carbocycles. The highest BCUT2D eigenvalue weighted by Crippen LogP contribution is 1.52. The summed E-state index contributed by atoms with van der Waals surface area (Å²) >= 11 is -1.11. The van der Waals surface area contributed by atoms with Crippen LogP contribution in [0.15, 0.2) is 0 Å². The highest BCUT2D eigenvalue weighted by molar-refractivity contribution is 7.88. The second-order valence-electron chi connectivity index (χ2n) is 0.499. The molecule has 0 aromatic heterocycles. The van der Waals surface area contributed by atoms with E-state index in [1.54, 1.807) is 0 Å². The fraction of sp³-hybridized carbons (Fsp3) is 1.00. The van der Waals surface area contributed by atoms with Gasteiger partial charge in [0.25, 0.3) is 0 Å². The summed E-state index contributed by atoms with van der Waals surface area (Å²) in [7, 11) is 0. The lowest BCUT2D eigenvalue weighted by Gasteiger charge is -1.86. The van der Waals surface area contributed by atoms with E-state index in [4.69, 9.17) is 0 Å². The van der Waals surface area contributed by atoms with Gasteiger partial charge >= 0.3 is 0 Å². The highest BCUT2D eigenvalue weighted by atomic mass is 32.2. The average molecular weight is 79.1 g/mol. The topological polar surface area (TPSA) is 49.1 Å². The Balaban J connectivity index is 2.32. The van der Waals surface area contributed by atoms with Crippen LogP contribution in [0.4, 0.5) is 0 Å². The number of nitrogens with two attached hydrogens (primary N) is 1. The summed E-state index contributed by atoms with van der Waals surface area (Å²) < 4.78 is 9.33. The van der Waals surface area contributed by atoms with Crippen LogP contribution in [-0.2, 0) is 11.4 Å². The van der Waals surface area contributed by atoms with E-state index in [-0.39, 0.29) is 0 Å². The van der Waals surface area contributed by atoms with E-state index in [0.717, 1.165) is 0 Å². The van der Waals surface area contributed by atoms with Crippen molar-refractivity contribution in [3.05, 3.63) is 0 Å². The van der Waals surface area contributed by atoms with Crippen molar-refractivity contribution in [1.82, 2.24) is 0 Å². The Bertz CT molecular complexity index is 12.8. The van der Waals surface area contributed by atoms with Crippen LogP contribution in [0.25, 0.3) is 0 Å². The van der Waals surface area contributed by atoms with Crippen molar-refractivity contribution in [3.63, 3.8) is 0 Å². The van der Waals surface area contributed by atoms with Gasteiger partial charge in [0.15, 0.2) is 0 Å². The minimum atomic E-state index is -1.11. The molecular weight excluding hydrogens is 74.1 g/mol. The third-order valence-electron chi connectivity index (χ3n) is 0. The third kappa shape index (κ3) is 50.2. The molecule has 0 aromatic rings. The van der Waals surface area contributed by atoms with Gasteiger partial charge in [0, 0.05) is 11.4 Å². The molecule has 0 aliphatic heterocycles. The van der Waals surface area contributed by atoms with Gasteiger partial charge in [0.1, 0.15) is 6.26 Å². The van der Waals surface area contributed by atoms with E-state index < -0.39 is 11.4 Å². The molecule has 3 heteroatoms. The van der Waals surface area contributed by atoms with Gasteiger partial charge in [-0.25, -0.2) is 0 Å². The molecule has 4 heavy (non-hydrogen) atoms. The summed E-state index contributed by atoms with van der Waals surface area (Å²) in [4.78, 5) is 0. The monoisotopic (exact) mass is 79.0 g/mol. The van der Waals surface area contributed by atoms with Crippen LogP contribution < -0.4 is 5.14 Å². The largest absolute Gasteiger partial charge is 0.599 e. The van der Waals surface area contributed by atoms with Gasteiger partial charge in [-0.1, -0.05) is 0 Å². The van der Waals surface area contributed by atoms with Crippen molar-refractivity contribution in [3.8, 4) is 0 Å². The van der Waals surface area contributed by atoms with Gasteiger partial charge in [-0.2, -0.15) is 5.14 Å². The maximum Gasteiger partial charge on any atom is 0.115 e. The Labute approximate surface area is 28.3 Å². The lowest BCUT2D eigenvalue weighted by atomic mass is 12.0. The fourth-order valence-corrected chi connectivity index (χ4v) is 0. The molecule has 0 unspecified atom stereocenters. The third-order valence-corrected chi connectivity index (χ3v) is 0. The zero-order chi connectivity index (χ0) is 3.58. The van der Waals surface area contributed by atoms with E-state index in [2.05, 4.69) is 5.14 Å². The Morgan fingerprint density at radius 1 is 2.00 bits per heavy atom. The second kappa shape index (κ2) is 1.58. The van der Waals surface area contributed by atoms with Crippen LogP contribution >= 0.6 is 0 Å². The van der Waals surface area contributed by atoms with Crippen LogP contribution in [0.5, 0.6) is 0 Å². The fourth-order valence-electron chi connectivity index (χ4n) is 0. The minimum Gasteiger partial charge on any atom is -0.599 e. The van der Waals surface area contributed by atoms with Gasteiger partial charge in [-0.05, 0) is 0 Å². The molecule has 0 aliphatic carbocycles. The van der Waals surface area contributed by atoms with Gasteiger partial charge in [-0.3, -0.25) is 0 Å². The molecule has 0 saturated heterocycles. The quantitative estimate of drug-likeness (QED) is 0.388. The summed E-state index contributed by atoms with van der Waals surface area (Å²) in [5.41, 5.74) is 0. The second-order valence-corrected chi connectivity index (χ2v) is 1.50. The maximum absolute atomic E-state index is 9.33. The molecule has 0 fully saturated rings. The molecule has 0 heterocycles. The zero-order valence-electron chi connectivity index (χ0n) is 2.39. The SMILES string of the molecule is C[S@@+](N)[O-]. The zero-order valence-corrected chi connectivity index (χ0v) is 3.21. The molecule has 1 atom stereocenters. The molecule has 0 aliphatic rings. The number of hydrogen-bond acceptors (Lipinski definition) is 2. The van der Waals surface area contributed by atoms with E-state index in [0.29, 0.717) is 0 Å².